The van der Waals surface area contributed by atoms with E-state index in [9.17, 15) is 18.0 Å². The van der Waals surface area contributed by atoms with Gasteiger partial charge in [0.25, 0.3) is 0 Å². The molecule has 0 heterocycles. The fourth-order valence-electron chi connectivity index (χ4n) is 4.67. The van der Waals surface area contributed by atoms with Gasteiger partial charge in [0.2, 0.25) is 21.8 Å². The average Bonchev–Trinajstić information content (AvgIpc) is 2.90. The Labute approximate surface area is 259 Å². The summed E-state index contributed by atoms with van der Waals surface area (Å²) in [7, 11) is -3.59. The number of carbonyl (C=O) groups is 2. The molecule has 0 aliphatic heterocycles. The van der Waals surface area contributed by atoms with Crippen LogP contribution in [0.1, 0.15) is 50.3 Å². The van der Waals surface area contributed by atoms with Crippen LogP contribution in [0.5, 0.6) is 0 Å². The molecule has 3 rings (SSSR count). The van der Waals surface area contributed by atoms with Crippen molar-refractivity contribution in [3.8, 4) is 0 Å². The second-order valence-electron chi connectivity index (χ2n) is 11.4. The summed E-state index contributed by atoms with van der Waals surface area (Å²) in [6.07, 6.45) is 1.75. The predicted octanol–water partition coefficient (Wildman–Crippen LogP) is 6.40. The van der Waals surface area contributed by atoms with Gasteiger partial charge in [0.1, 0.15) is 6.04 Å². The van der Waals surface area contributed by atoms with Crippen molar-refractivity contribution in [1.29, 1.82) is 0 Å². The smallest absolute Gasteiger partial charge is 0.243 e. The Morgan fingerprint density at radius 2 is 1.55 bits per heavy atom. The maximum Gasteiger partial charge on any atom is 0.243 e. The van der Waals surface area contributed by atoms with E-state index in [4.69, 9.17) is 23.2 Å². The maximum absolute atomic E-state index is 14.0. The summed E-state index contributed by atoms with van der Waals surface area (Å²) < 4.78 is 26.7. The topological polar surface area (TPSA) is 86.8 Å². The number of aryl methyl sites for hydroxylation is 1. The molecule has 0 saturated carbocycles. The SMILES string of the molecule is Cc1ccccc1N(CCCC(=O)N(Cc1ccc(Cl)c(Cl)c1)[C@H](Cc1ccccc1)C(=O)NC(C)(C)C)S(C)(=O)=O. The zero-order chi connectivity index (χ0) is 31.1. The maximum atomic E-state index is 14.0. The lowest BCUT2D eigenvalue weighted by molar-refractivity contribution is -0.142. The highest BCUT2D eigenvalue weighted by Crippen LogP contribution is 2.26. The molecular weight excluding hydrogens is 593 g/mol. The molecule has 3 aromatic rings. The van der Waals surface area contributed by atoms with E-state index >= 15 is 0 Å². The number of anilines is 1. The lowest BCUT2D eigenvalue weighted by Crippen LogP contribution is -2.54. The Balaban J connectivity index is 1.93. The molecule has 0 spiro atoms. The minimum atomic E-state index is -3.59. The van der Waals surface area contributed by atoms with E-state index in [1.165, 1.54) is 4.31 Å². The van der Waals surface area contributed by atoms with Gasteiger partial charge >= 0.3 is 0 Å². The minimum absolute atomic E-state index is 0.0350. The lowest BCUT2D eigenvalue weighted by atomic mass is 10.00. The van der Waals surface area contributed by atoms with Crippen molar-refractivity contribution in [3.63, 3.8) is 0 Å². The number of hydrogen-bond acceptors (Lipinski definition) is 4. The fraction of sp³-hybridized carbons (Fsp3) is 0.375. The number of sulfonamides is 1. The molecule has 3 aromatic carbocycles. The fourth-order valence-corrected chi connectivity index (χ4v) is 6.01. The predicted molar refractivity (Wildman–Crippen MR) is 171 cm³/mol. The number of nitrogens with one attached hydrogen (secondary N) is 1. The van der Waals surface area contributed by atoms with Crippen molar-refractivity contribution in [2.45, 2.75) is 65.1 Å². The first-order chi connectivity index (χ1) is 19.7. The molecule has 42 heavy (non-hydrogen) atoms. The molecule has 7 nitrogen and oxygen atoms in total. The molecule has 226 valence electrons. The molecule has 0 radical (unpaired) electrons. The first-order valence-electron chi connectivity index (χ1n) is 13.8. The number of rotatable bonds is 12. The van der Waals surface area contributed by atoms with Crippen LogP contribution in [-0.4, -0.2) is 49.5 Å². The molecule has 0 aromatic heterocycles. The van der Waals surface area contributed by atoms with Crippen LogP contribution < -0.4 is 9.62 Å². The van der Waals surface area contributed by atoms with Crippen LogP contribution in [0.25, 0.3) is 0 Å². The van der Waals surface area contributed by atoms with Crippen LogP contribution in [0, 0.1) is 6.92 Å². The summed E-state index contributed by atoms with van der Waals surface area (Å²) in [5.41, 5.74) is 2.50. The summed E-state index contributed by atoms with van der Waals surface area (Å²) >= 11 is 12.4. The van der Waals surface area contributed by atoms with Gasteiger partial charge in [-0.1, -0.05) is 77.8 Å². The summed E-state index contributed by atoms with van der Waals surface area (Å²) in [6.45, 7) is 7.76. The first kappa shape index (κ1) is 33.4. The van der Waals surface area contributed by atoms with Crippen molar-refractivity contribution in [1.82, 2.24) is 10.2 Å². The van der Waals surface area contributed by atoms with Gasteiger partial charge in [-0.05, 0) is 69.0 Å². The van der Waals surface area contributed by atoms with Crippen LogP contribution in [0.4, 0.5) is 5.69 Å². The lowest BCUT2D eigenvalue weighted by Gasteiger charge is -2.34. The number of carbonyl (C=O) groups excluding carboxylic acids is 2. The highest BCUT2D eigenvalue weighted by atomic mass is 35.5. The van der Waals surface area contributed by atoms with Gasteiger partial charge in [0.15, 0.2) is 0 Å². The van der Waals surface area contributed by atoms with Crippen molar-refractivity contribution < 1.29 is 18.0 Å². The van der Waals surface area contributed by atoms with Crippen LogP contribution >= 0.6 is 23.2 Å². The second kappa shape index (κ2) is 14.4. The Hall–Kier alpha value is -3.07. The number of benzene rings is 3. The molecule has 0 aliphatic rings. The summed E-state index contributed by atoms with van der Waals surface area (Å²) in [4.78, 5) is 29.2. The van der Waals surface area contributed by atoms with E-state index < -0.39 is 21.6 Å². The molecule has 0 saturated heterocycles. The zero-order valence-corrected chi connectivity index (χ0v) is 27.1. The third kappa shape index (κ3) is 9.75. The third-order valence-corrected chi connectivity index (χ3v) is 8.56. The largest absolute Gasteiger partial charge is 0.350 e. The van der Waals surface area contributed by atoms with E-state index in [0.717, 1.165) is 22.9 Å². The van der Waals surface area contributed by atoms with Gasteiger partial charge in [-0.2, -0.15) is 0 Å². The van der Waals surface area contributed by atoms with Crippen LogP contribution in [0.3, 0.4) is 0 Å². The molecule has 0 aliphatic carbocycles. The molecule has 0 fully saturated rings. The number of amides is 2. The molecule has 0 unspecified atom stereocenters. The third-order valence-electron chi connectivity index (χ3n) is 6.64. The van der Waals surface area contributed by atoms with Crippen molar-refractivity contribution in [2.24, 2.45) is 0 Å². The number of hydrogen-bond donors (Lipinski definition) is 1. The Morgan fingerprint density at radius 1 is 0.905 bits per heavy atom. The molecule has 1 atom stereocenters. The van der Waals surface area contributed by atoms with Crippen molar-refractivity contribution in [2.75, 3.05) is 17.1 Å². The highest BCUT2D eigenvalue weighted by Gasteiger charge is 2.32. The van der Waals surface area contributed by atoms with Gasteiger partial charge in [0.05, 0.1) is 22.0 Å². The van der Waals surface area contributed by atoms with E-state index in [2.05, 4.69) is 5.32 Å². The van der Waals surface area contributed by atoms with E-state index in [1.807, 2.05) is 70.2 Å². The number of halogens is 2. The summed E-state index contributed by atoms with van der Waals surface area (Å²) in [5.74, 6) is -0.554. The Morgan fingerprint density at radius 3 is 2.14 bits per heavy atom. The van der Waals surface area contributed by atoms with E-state index in [1.54, 1.807) is 35.2 Å². The van der Waals surface area contributed by atoms with E-state index in [0.29, 0.717) is 22.2 Å². The summed E-state index contributed by atoms with van der Waals surface area (Å²) in [5, 5.41) is 3.78. The van der Waals surface area contributed by atoms with Crippen molar-refractivity contribution in [3.05, 3.63) is 99.5 Å². The zero-order valence-electron chi connectivity index (χ0n) is 24.7. The average molecular weight is 633 g/mol. The first-order valence-corrected chi connectivity index (χ1v) is 16.4. The quantitative estimate of drug-likeness (QED) is 0.250. The number of para-hydroxylation sites is 1. The normalized spacial score (nSPS) is 12.5. The standard InChI is InChI=1S/C32H39Cl2N3O4S/c1-23-12-9-10-15-28(23)37(42(5,40)41)19-11-16-30(38)36(22-25-17-18-26(33)27(34)20-25)29(31(39)35-32(2,3)4)21-24-13-7-6-8-14-24/h6-10,12-15,17-18,20,29H,11,16,19,21-22H2,1-5H3,(H,35,39)/t29-/m1/s1. The second-order valence-corrected chi connectivity index (χ2v) is 14.2. The molecule has 2 amide bonds. The van der Waals surface area contributed by atoms with Crippen LogP contribution in [0.15, 0.2) is 72.8 Å². The summed E-state index contributed by atoms with van der Waals surface area (Å²) in [6, 6.07) is 21.1. The van der Waals surface area contributed by atoms with Gasteiger partial charge in [-0.15, -0.1) is 0 Å². The monoisotopic (exact) mass is 631 g/mol. The van der Waals surface area contributed by atoms with Gasteiger partial charge < -0.3 is 10.2 Å². The molecular formula is C32H39Cl2N3O4S. The molecule has 0 bridgehead atoms. The molecule has 1 N–H and O–H groups in total. The molecule has 10 heteroatoms. The van der Waals surface area contributed by atoms with Crippen LogP contribution in [-0.2, 0) is 32.6 Å². The van der Waals surface area contributed by atoms with E-state index in [-0.39, 0.29) is 37.7 Å². The van der Waals surface area contributed by atoms with Crippen molar-refractivity contribution >= 4 is 50.7 Å². The van der Waals surface area contributed by atoms with Gasteiger partial charge in [-0.3, -0.25) is 13.9 Å². The number of nitrogens with zero attached hydrogens (tertiary/aromatic N) is 2. The Bertz CT molecular complexity index is 1490. The van der Waals surface area contributed by atoms with Gasteiger partial charge in [-0.25, -0.2) is 8.42 Å². The minimum Gasteiger partial charge on any atom is -0.350 e. The highest BCUT2D eigenvalue weighted by molar-refractivity contribution is 7.92. The van der Waals surface area contributed by atoms with Gasteiger partial charge in [0, 0.05) is 31.5 Å². The van der Waals surface area contributed by atoms with Crippen LogP contribution in [0.2, 0.25) is 10.0 Å². The Kier molecular flexibility index (Phi) is 11.5.